The van der Waals surface area contributed by atoms with Crippen LogP contribution in [0.1, 0.15) is 54.7 Å². The van der Waals surface area contributed by atoms with Crippen molar-refractivity contribution in [2.45, 2.75) is 50.9 Å². The van der Waals surface area contributed by atoms with E-state index in [0.29, 0.717) is 18.0 Å². The number of ether oxygens (including phenoxy) is 1. The van der Waals surface area contributed by atoms with Crippen molar-refractivity contribution in [3.05, 3.63) is 78.1 Å². The summed E-state index contributed by atoms with van der Waals surface area (Å²) in [6, 6.07) is 19.4. The topological polar surface area (TPSA) is 103 Å². The van der Waals surface area contributed by atoms with Crippen molar-refractivity contribution < 1.29 is 14.6 Å². The molecule has 1 unspecified atom stereocenters. The van der Waals surface area contributed by atoms with Crippen molar-refractivity contribution in [3.63, 3.8) is 0 Å². The summed E-state index contributed by atoms with van der Waals surface area (Å²) >= 11 is 0. The number of rotatable bonds is 9. The lowest BCUT2D eigenvalue weighted by molar-refractivity contribution is 0.0673. The molecule has 2 aliphatic rings. The highest BCUT2D eigenvalue weighted by molar-refractivity contribution is 6.01. The third kappa shape index (κ3) is 5.97. The maximum atomic E-state index is 13.3. The van der Waals surface area contributed by atoms with Crippen LogP contribution in [0, 0.1) is 5.92 Å². The lowest BCUT2D eigenvalue weighted by atomic mass is 10.0. The van der Waals surface area contributed by atoms with E-state index >= 15 is 0 Å². The van der Waals surface area contributed by atoms with E-state index in [1.165, 1.54) is 0 Å². The summed E-state index contributed by atoms with van der Waals surface area (Å²) in [6.07, 6.45) is 5.77. The summed E-state index contributed by atoms with van der Waals surface area (Å²) in [5.41, 5.74) is 4.16. The van der Waals surface area contributed by atoms with Crippen LogP contribution in [0.4, 0.5) is 0 Å². The number of nitrogens with one attached hydrogen (secondary N) is 2. The number of hydrogen-bond donors (Lipinski definition) is 3. The SMILES string of the molecule is C[C@@H](O)CN1CCC(Oc2ccc(-c3n[nH]c4ccc(C(=O)NC(c5ccccn5)C5CC5)cc34)cc2)CC1. The summed E-state index contributed by atoms with van der Waals surface area (Å²) in [5.74, 6) is 1.18. The molecule has 0 bridgehead atoms. The van der Waals surface area contributed by atoms with Gasteiger partial charge in [0.1, 0.15) is 11.9 Å². The van der Waals surface area contributed by atoms with Gasteiger partial charge in [-0.05, 0) is 93.1 Å². The first-order valence-corrected chi connectivity index (χ1v) is 13.9. The van der Waals surface area contributed by atoms with Gasteiger partial charge in [-0.1, -0.05) is 6.07 Å². The first kappa shape index (κ1) is 25.5. The van der Waals surface area contributed by atoms with Crippen molar-refractivity contribution in [1.29, 1.82) is 0 Å². The van der Waals surface area contributed by atoms with Crippen LogP contribution in [0.15, 0.2) is 66.9 Å². The molecule has 2 aromatic heterocycles. The zero-order chi connectivity index (χ0) is 26.8. The summed E-state index contributed by atoms with van der Waals surface area (Å²) < 4.78 is 6.24. The normalized spacial score (nSPS) is 18.1. The Labute approximate surface area is 228 Å². The predicted octanol–water partition coefficient (Wildman–Crippen LogP) is 4.73. The molecule has 1 amide bonds. The number of benzene rings is 2. The van der Waals surface area contributed by atoms with Crippen molar-refractivity contribution >= 4 is 16.8 Å². The number of fused-ring (bicyclic) bond motifs is 1. The van der Waals surface area contributed by atoms with E-state index in [0.717, 1.165) is 72.4 Å². The van der Waals surface area contributed by atoms with Gasteiger partial charge in [-0.25, -0.2) is 0 Å². The number of β-amino-alcohol motifs (C(OH)–C–C–N with tert-alkyl or cyclic N) is 1. The number of hydrogen-bond acceptors (Lipinski definition) is 6. The molecule has 3 N–H and O–H groups in total. The molecule has 8 nitrogen and oxygen atoms in total. The molecule has 2 atom stereocenters. The number of pyridine rings is 1. The Morgan fingerprint density at radius 1 is 1.10 bits per heavy atom. The Balaban J connectivity index is 1.14. The summed E-state index contributed by atoms with van der Waals surface area (Å²) in [6.45, 7) is 4.42. The maximum absolute atomic E-state index is 13.3. The van der Waals surface area contributed by atoms with Crippen molar-refractivity contribution in [1.82, 2.24) is 25.4 Å². The van der Waals surface area contributed by atoms with Crippen LogP contribution in [0.2, 0.25) is 0 Å². The number of nitrogens with zero attached hydrogens (tertiary/aromatic N) is 3. The Bertz CT molecular complexity index is 1410. The highest BCUT2D eigenvalue weighted by atomic mass is 16.5. The van der Waals surface area contributed by atoms with Gasteiger partial charge in [0.25, 0.3) is 5.91 Å². The molecule has 1 saturated carbocycles. The van der Waals surface area contributed by atoms with Crippen LogP contribution < -0.4 is 10.1 Å². The van der Waals surface area contributed by atoms with Crippen LogP contribution in [0.5, 0.6) is 5.75 Å². The second-order valence-corrected chi connectivity index (χ2v) is 10.9. The van der Waals surface area contributed by atoms with Crippen molar-refractivity contribution in [2.75, 3.05) is 19.6 Å². The van der Waals surface area contributed by atoms with E-state index in [-0.39, 0.29) is 24.2 Å². The van der Waals surface area contributed by atoms with Gasteiger partial charge >= 0.3 is 0 Å². The number of H-pyrrole nitrogens is 1. The number of piperidine rings is 1. The lowest BCUT2D eigenvalue weighted by Gasteiger charge is -2.32. The van der Waals surface area contributed by atoms with E-state index in [1.807, 2.05) is 67.6 Å². The predicted molar refractivity (Wildman–Crippen MR) is 150 cm³/mol. The van der Waals surface area contributed by atoms with Crippen LogP contribution in [0.25, 0.3) is 22.2 Å². The number of aliphatic hydroxyl groups excluding tert-OH is 1. The molecule has 3 heterocycles. The van der Waals surface area contributed by atoms with Crippen LogP contribution in [-0.4, -0.2) is 62.9 Å². The van der Waals surface area contributed by atoms with Gasteiger partial charge in [-0.3, -0.25) is 14.9 Å². The van der Waals surface area contributed by atoms with E-state index in [9.17, 15) is 9.90 Å². The van der Waals surface area contributed by atoms with Gasteiger partial charge in [0.15, 0.2) is 0 Å². The van der Waals surface area contributed by atoms with Gasteiger partial charge < -0.3 is 20.1 Å². The molecule has 202 valence electrons. The molecule has 0 radical (unpaired) electrons. The largest absolute Gasteiger partial charge is 0.490 e. The lowest BCUT2D eigenvalue weighted by Crippen LogP contribution is -2.41. The highest BCUT2D eigenvalue weighted by Crippen LogP contribution is 2.40. The number of carbonyl (C=O) groups is 1. The van der Waals surface area contributed by atoms with Crippen LogP contribution in [-0.2, 0) is 0 Å². The molecule has 1 saturated heterocycles. The van der Waals surface area contributed by atoms with Crippen LogP contribution in [0.3, 0.4) is 0 Å². The molecule has 2 fully saturated rings. The maximum Gasteiger partial charge on any atom is 0.251 e. The van der Waals surface area contributed by atoms with Gasteiger partial charge in [-0.2, -0.15) is 5.10 Å². The first-order valence-electron chi connectivity index (χ1n) is 13.9. The van der Waals surface area contributed by atoms with E-state index in [2.05, 4.69) is 25.4 Å². The number of amides is 1. The molecule has 1 aliphatic carbocycles. The minimum Gasteiger partial charge on any atom is -0.490 e. The molecule has 6 rings (SSSR count). The quantitative estimate of drug-likeness (QED) is 0.292. The average molecular weight is 526 g/mol. The smallest absolute Gasteiger partial charge is 0.251 e. The molecule has 4 aromatic rings. The zero-order valence-corrected chi connectivity index (χ0v) is 22.2. The molecular formula is C31H35N5O3. The van der Waals surface area contributed by atoms with E-state index < -0.39 is 0 Å². The molecule has 2 aromatic carbocycles. The molecule has 0 spiro atoms. The Kier molecular flexibility index (Phi) is 7.30. The molecule has 1 aliphatic heterocycles. The Hall–Kier alpha value is -3.75. The number of aromatic nitrogens is 3. The summed E-state index contributed by atoms with van der Waals surface area (Å²) in [7, 11) is 0. The second kappa shape index (κ2) is 11.2. The second-order valence-electron chi connectivity index (χ2n) is 10.9. The van der Waals surface area contributed by atoms with Gasteiger partial charge in [0, 0.05) is 42.3 Å². The van der Waals surface area contributed by atoms with Gasteiger partial charge in [-0.15, -0.1) is 0 Å². The monoisotopic (exact) mass is 525 g/mol. The fourth-order valence-electron chi connectivity index (χ4n) is 5.49. The molecular weight excluding hydrogens is 490 g/mol. The standard InChI is InChI=1S/C31H35N5O3/c1-20(37)19-36-16-13-25(14-17-36)39-24-10-7-21(8-11-24)29-26-18-23(9-12-27(26)34-35-29)31(38)33-30(22-5-6-22)28-4-2-3-15-32-28/h2-4,7-12,15,18,20,22,25,30,37H,5-6,13-14,16-17,19H2,1H3,(H,33,38)(H,34,35)/t20-,30?/m1/s1. The number of aliphatic hydroxyl groups is 1. The van der Waals surface area contributed by atoms with Gasteiger partial charge in [0.05, 0.1) is 29.1 Å². The Morgan fingerprint density at radius 2 is 1.90 bits per heavy atom. The molecule has 39 heavy (non-hydrogen) atoms. The van der Waals surface area contributed by atoms with Crippen molar-refractivity contribution in [2.24, 2.45) is 5.92 Å². The first-order chi connectivity index (χ1) is 19.0. The van der Waals surface area contributed by atoms with E-state index in [4.69, 9.17) is 4.74 Å². The van der Waals surface area contributed by atoms with Crippen molar-refractivity contribution in [3.8, 4) is 17.0 Å². The van der Waals surface area contributed by atoms with E-state index in [1.54, 1.807) is 6.20 Å². The zero-order valence-electron chi connectivity index (χ0n) is 22.2. The fourth-order valence-corrected chi connectivity index (χ4v) is 5.49. The van der Waals surface area contributed by atoms with Crippen LogP contribution >= 0.6 is 0 Å². The minimum absolute atomic E-state index is 0.0729. The molecule has 8 heteroatoms. The summed E-state index contributed by atoms with van der Waals surface area (Å²) in [4.78, 5) is 20.1. The van der Waals surface area contributed by atoms with Gasteiger partial charge in [0.2, 0.25) is 0 Å². The third-order valence-electron chi connectivity index (χ3n) is 7.70. The average Bonchev–Trinajstić information content (AvgIpc) is 3.71. The number of carbonyl (C=O) groups excluding carboxylic acids is 1. The summed E-state index contributed by atoms with van der Waals surface area (Å²) in [5, 5.41) is 21.4. The fraction of sp³-hybridized carbons (Fsp3) is 0.387. The Morgan fingerprint density at radius 3 is 2.59 bits per heavy atom. The third-order valence-corrected chi connectivity index (χ3v) is 7.70. The highest BCUT2D eigenvalue weighted by Gasteiger charge is 2.34. The number of aromatic amines is 1. The number of likely N-dealkylation sites (tertiary alicyclic amines) is 1. The minimum atomic E-state index is -0.301.